The second-order valence-electron chi connectivity index (χ2n) is 5.24. The number of amides is 1. The van der Waals surface area contributed by atoms with Crippen molar-refractivity contribution in [2.24, 2.45) is 0 Å². The van der Waals surface area contributed by atoms with Gasteiger partial charge in [0.2, 0.25) is 0 Å². The molecule has 6 nitrogen and oxygen atoms in total. The fourth-order valence-electron chi connectivity index (χ4n) is 2.52. The summed E-state index contributed by atoms with van der Waals surface area (Å²) in [5.74, 6) is 0.203. The van der Waals surface area contributed by atoms with Crippen molar-refractivity contribution in [3.05, 3.63) is 39.8 Å². The van der Waals surface area contributed by atoms with E-state index in [0.29, 0.717) is 34.0 Å². The molecule has 0 aliphatic rings. The molecule has 0 saturated heterocycles. The maximum absolute atomic E-state index is 12.7. The molecule has 134 valence electrons. The Morgan fingerprint density at radius 1 is 1.08 bits per heavy atom. The number of benzene rings is 1. The summed E-state index contributed by atoms with van der Waals surface area (Å²) in [5, 5.41) is 3.29. The number of methoxy groups -OCH3 is 3. The van der Waals surface area contributed by atoms with E-state index >= 15 is 0 Å². The van der Waals surface area contributed by atoms with Crippen molar-refractivity contribution in [2.75, 3.05) is 26.6 Å². The van der Waals surface area contributed by atoms with Crippen LogP contribution in [0.3, 0.4) is 0 Å². The van der Waals surface area contributed by atoms with Crippen LogP contribution in [-0.4, -0.2) is 33.2 Å². The van der Waals surface area contributed by atoms with E-state index in [2.05, 4.69) is 5.32 Å². The molecule has 0 fully saturated rings. The maximum atomic E-state index is 12.7. The Hall–Kier alpha value is -2.54. The van der Waals surface area contributed by atoms with Gasteiger partial charge in [-0.05, 0) is 31.0 Å². The normalized spacial score (nSPS) is 10.3. The second kappa shape index (κ2) is 8.02. The molecule has 0 unspecified atom stereocenters. The Morgan fingerprint density at radius 3 is 2.16 bits per heavy atom. The largest absolute Gasteiger partial charge is 0.497 e. The Bertz CT molecular complexity index is 775. The first-order chi connectivity index (χ1) is 11.9. The molecular formula is C18H21NO5S. The minimum atomic E-state index is -0.459. The molecule has 1 amide bonds. The predicted molar refractivity (Wildman–Crippen MR) is 97.3 cm³/mol. The van der Waals surface area contributed by atoms with E-state index in [4.69, 9.17) is 14.2 Å². The van der Waals surface area contributed by atoms with Crippen molar-refractivity contribution >= 4 is 28.2 Å². The molecule has 0 saturated carbocycles. The highest BCUT2D eigenvalue weighted by Gasteiger charge is 2.23. The Balaban J connectivity index is 2.40. The summed E-state index contributed by atoms with van der Waals surface area (Å²) >= 11 is 1.36. The van der Waals surface area contributed by atoms with Gasteiger partial charge >= 0.3 is 5.97 Å². The molecule has 1 N–H and O–H groups in total. The molecule has 0 radical (unpaired) electrons. The number of thiophene rings is 1. The molecule has 0 aliphatic heterocycles. The average molecular weight is 363 g/mol. The number of rotatable bonds is 6. The second-order valence-corrected chi connectivity index (χ2v) is 6.47. The molecule has 1 aromatic heterocycles. The zero-order valence-corrected chi connectivity index (χ0v) is 15.7. The summed E-state index contributed by atoms with van der Waals surface area (Å²) in [6.07, 6.45) is 0.676. The molecule has 1 heterocycles. The topological polar surface area (TPSA) is 73.9 Å². The quantitative estimate of drug-likeness (QED) is 0.793. The van der Waals surface area contributed by atoms with Crippen LogP contribution in [0.1, 0.15) is 38.1 Å². The summed E-state index contributed by atoms with van der Waals surface area (Å²) in [5.41, 5.74) is 1.67. The fraction of sp³-hybridized carbons (Fsp3) is 0.333. The molecule has 0 aliphatic carbocycles. The lowest BCUT2D eigenvalue weighted by molar-refractivity contribution is 0.0601. The highest BCUT2D eigenvalue weighted by molar-refractivity contribution is 7.16. The standard InChI is InChI=1S/C18H21NO5S/c1-6-14-10(2)25-17(15(14)18(21)24-5)19-16(20)11-7-12(22-3)9-13(8-11)23-4/h7-9H,6H2,1-5H3,(H,19,20). The first-order valence-electron chi connectivity index (χ1n) is 7.70. The third-order valence-electron chi connectivity index (χ3n) is 3.79. The Morgan fingerprint density at radius 2 is 1.68 bits per heavy atom. The maximum Gasteiger partial charge on any atom is 0.341 e. The lowest BCUT2D eigenvalue weighted by atomic mass is 10.1. The van der Waals surface area contributed by atoms with Crippen molar-refractivity contribution in [3.8, 4) is 11.5 Å². The van der Waals surface area contributed by atoms with Crippen LogP contribution in [0.5, 0.6) is 11.5 Å². The zero-order chi connectivity index (χ0) is 18.6. The first-order valence-corrected chi connectivity index (χ1v) is 8.51. The SMILES string of the molecule is CCc1c(C)sc(NC(=O)c2cc(OC)cc(OC)c2)c1C(=O)OC. The molecule has 7 heteroatoms. The third-order valence-corrected chi connectivity index (χ3v) is 4.86. The van der Waals surface area contributed by atoms with Crippen LogP contribution >= 0.6 is 11.3 Å². The van der Waals surface area contributed by atoms with Crippen LogP contribution in [-0.2, 0) is 11.2 Å². The molecule has 0 spiro atoms. The van der Waals surface area contributed by atoms with Gasteiger partial charge in [-0.1, -0.05) is 6.92 Å². The minimum absolute atomic E-state index is 0.355. The van der Waals surface area contributed by atoms with Crippen LogP contribution < -0.4 is 14.8 Å². The highest BCUT2D eigenvalue weighted by atomic mass is 32.1. The smallest absolute Gasteiger partial charge is 0.341 e. The van der Waals surface area contributed by atoms with Gasteiger partial charge in [0.1, 0.15) is 16.5 Å². The van der Waals surface area contributed by atoms with Gasteiger partial charge in [0.25, 0.3) is 5.91 Å². The Kier molecular flexibility index (Phi) is 6.03. The highest BCUT2D eigenvalue weighted by Crippen LogP contribution is 2.34. The van der Waals surface area contributed by atoms with Crippen molar-refractivity contribution in [2.45, 2.75) is 20.3 Å². The number of esters is 1. The summed E-state index contributed by atoms with van der Waals surface area (Å²) in [7, 11) is 4.36. The molecule has 2 rings (SSSR count). The van der Waals surface area contributed by atoms with Crippen molar-refractivity contribution in [1.82, 2.24) is 0 Å². The van der Waals surface area contributed by atoms with Gasteiger partial charge in [-0.15, -0.1) is 11.3 Å². The third kappa shape index (κ3) is 3.93. The van der Waals surface area contributed by atoms with Crippen LogP contribution in [0, 0.1) is 6.92 Å². The molecular weight excluding hydrogens is 342 g/mol. The molecule has 1 aromatic carbocycles. The predicted octanol–water partition coefficient (Wildman–Crippen LogP) is 3.68. The van der Waals surface area contributed by atoms with Crippen molar-refractivity contribution < 1.29 is 23.8 Å². The van der Waals surface area contributed by atoms with Crippen LogP contribution in [0.2, 0.25) is 0 Å². The lowest BCUT2D eigenvalue weighted by Crippen LogP contribution is -2.15. The summed E-state index contributed by atoms with van der Waals surface area (Å²) in [6.45, 7) is 3.88. The van der Waals surface area contributed by atoms with E-state index < -0.39 is 5.97 Å². The van der Waals surface area contributed by atoms with Crippen LogP contribution in [0.4, 0.5) is 5.00 Å². The lowest BCUT2D eigenvalue weighted by Gasteiger charge is -2.10. The molecule has 2 aromatic rings. The number of aryl methyl sites for hydroxylation is 1. The number of nitrogens with one attached hydrogen (secondary N) is 1. The summed E-state index contributed by atoms with van der Waals surface area (Å²) in [4.78, 5) is 25.8. The summed E-state index contributed by atoms with van der Waals surface area (Å²) < 4.78 is 15.2. The molecule has 25 heavy (non-hydrogen) atoms. The van der Waals surface area contributed by atoms with Gasteiger partial charge in [-0.3, -0.25) is 4.79 Å². The number of carbonyl (C=O) groups excluding carboxylic acids is 2. The van der Waals surface area contributed by atoms with Gasteiger partial charge in [-0.2, -0.15) is 0 Å². The van der Waals surface area contributed by atoms with Crippen LogP contribution in [0.25, 0.3) is 0 Å². The van der Waals surface area contributed by atoms with Crippen molar-refractivity contribution in [1.29, 1.82) is 0 Å². The number of anilines is 1. The van der Waals surface area contributed by atoms with Gasteiger partial charge in [0, 0.05) is 16.5 Å². The number of hydrogen-bond acceptors (Lipinski definition) is 6. The van der Waals surface area contributed by atoms with Gasteiger partial charge in [0.15, 0.2) is 0 Å². The van der Waals surface area contributed by atoms with Crippen LogP contribution in [0.15, 0.2) is 18.2 Å². The van der Waals surface area contributed by atoms with Gasteiger partial charge in [-0.25, -0.2) is 4.79 Å². The van der Waals surface area contributed by atoms with Gasteiger partial charge < -0.3 is 19.5 Å². The summed E-state index contributed by atoms with van der Waals surface area (Å²) in [6, 6.07) is 4.90. The van der Waals surface area contributed by atoms with E-state index in [-0.39, 0.29) is 5.91 Å². The zero-order valence-electron chi connectivity index (χ0n) is 14.9. The molecule has 0 atom stereocenters. The van der Waals surface area contributed by atoms with E-state index in [1.54, 1.807) is 18.2 Å². The van der Waals surface area contributed by atoms with E-state index in [0.717, 1.165) is 10.4 Å². The number of carbonyl (C=O) groups is 2. The monoisotopic (exact) mass is 363 g/mol. The van der Waals surface area contributed by atoms with E-state index in [9.17, 15) is 9.59 Å². The number of ether oxygens (including phenoxy) is 3. The van der Waals surface area contributed by atoms with E-state index in [1.165, 1.54) is 32.7 Å². The minimum Gasteiger partial charge on any atom is -0.497 e. The Labute approximate surface area is 150 Å². The molecule has 0 bridgehead atoms. The first kappa shape index (κ1) is 18.8. The fourth-order valence-corrected chi connectivity index (χ4v) is 3.65. The van der Waals surface area contributed by atoms with Crippen molar-refractivity contribution in [3.63, 3.8) is 0 Å². The van der Waals surface area contributed by atoms with Gasteiger partial charge in [0.05, 0.1) is 26.9 Å². The average Bonchev–Trinajstić information content (AvgIpc) is 2.95. The van der Waals surface area contributed by atoms with E-state index in [1.807, 2.05) is 13.8 Å². The number of hydrogen-bond donors (Lipinski definition) is 1.